The molecule has 1 amide bonds. The molecule has 6 heteroatoms. The lowest BCUT2D eigenvalue weighted by Gasteiger charge is -2.40. The van der Waals surface area contributed by atoms with E-state index in [2.05, 4.69) is 41.9 Å². The fraction of sp³-hybridized carbons (Fsp3) is 0.762. The number of amides is 1. The molecule has 0 saturated carbocycles. The first-order valence-electron chi connectivity index (χ1n) is 10.3. The molecule has 0 aromatic carbocycles. The van der Waals surface area contributed by atoms with E-state index >= 15 is 0 Å². The third-order valence-electron chi connectivity index (χ3n) is 6.53. The number of hydrogen-bond donors (Lipinski definition) is 1. The van der Waals surface area contributed by atoms with Crippen LogP contribution in [-0.4, -0.2) is 40.6 Å². The zero-order valence-corrected chi connectivity index (χ0v) is 17.1. The largest absolute Gasteiger partial charge is 0.426 e. The van der Waals surface area contributed by atoms with Crippen LogP contribution in [0.15, 0.2) is 16.1 Å². The molecule has 1 saturated heterocycles. The highest BCUT2D eigenvalue weighted by Gasteiger charge is 2.34. The Morgan fingerprint density at radius 3 is 2.56 bits per heavy atom. The zero-order valence-electron chi connectivity index (χ0n) is 17.1. The summed E-state index contributed by atoms with van der Waals surface area (Å²) in [4.78, 5) is 13.9. The topological polar surface area (TPSA) is 85.2 Å². The molecule has 0 unspecified atom stereocenters. The Bertz CT molecular complexity index is 673. The Labute approximate surface area is 162 Å². The fourth-order valence-corrected chi connectivity index (χ4v) is 4.81. The SMILES string of the molecule is CC1=C[C@@H](CN2CCC(C(N)=O)CC2)[C@H](C(C)C)C[C@H]1Cc1nnc(C)o1. The highest BCUT2D eigenvalue weighted by atomic mass is 16.4. The number of nitrogens with two attached hydrogens (primary N) is 1. The van der Waals surface area contributed by atoms with Crippen LogP contribution in [0, 0.1) is 36.5 Å². The van der Waals surface area contributed by atoms with Crippen molar-refractivity contribution in [1.82, 2.24) is 15.1 Å². The van der Waals surface area contributed by atoms with Gasteiger partial charge in [-0.15, -0.1) is 10.2 Å². The fourth-order valence-electron chi connectivity index (χ4n) is 4.81. The molecule has 2 N–H and O–H groups in total. The lowest BCUT2D eigenvalue weighted by molar-refractivity contribution is -0.123. The molecule has 1 fully saturated rings. The number of aromatic nitrogens is 2. The van der Waals surface area contributed by atoms with Crippen molar-refractivity contribution in [1.29, 1.82) is 0 Å². The Hall–Kier alpha value is -1.69. The number of carbonyl (C=O) groups is 1. The first-order chi connectivity index (χ1) is 12.8. The average Bonchev–Trinajstić information content (AvgIpc) is 3.02. The van der Waals surface area contributed by atoms with Gasteiger partial charge in [-0.1, -0.05) is 25.5 Å². The lowest BCUT2D eigenvalue weighted by atomic mass is 9.69. The first kappa shape index (κ1) is 20.1. The van der Waals surface area contributed by atoms with E-state index in [1.54, 1.807) is 0 Å². The molecule has 0 spiro atoms. The molecule has 1 aromatic heterocycles. The van der Waals surface area contributed by atoms with Crippen molar-refractivity contribution >= 4 is 5.91 Å². The second-order valence-electron chi connectivity index (χ2n) is 8.81. The summed E-state index contributed by atoms with van der Waals surface area (Å²) in [5, 5.41) is 8.15. The monoisotopic (exact) mass is 374 g/mol. The quantitative estimate of drug-likeness (QED) is 0.774. The molecule has 0 radical (unpaired) electrons. The van der Waals surface area contributed by atoms with Crippen LogP contribution in [0.25, 0.3) is 0 Å². The summed E-state index contributed by atoms with van der Waals surface area (Å²) in [6.07, 6.45) is 6.29. The van der Waals surface area contributed by atoms with E-state index in [1.807, 2.05) is 6.92 Å². The van der Waals surface area contributed by atoms with Crippen LogP contribution in [0.2, 0.25) is 0 Å². The maximum Gasteiger partial charge on any atom is 0.220 e. The van der Waals surface area contributed by atoms with Gasteiger partial charge in [-0.05, 0) is 62.9 Å². The Morgan fingerprint density at radius 2 is 2.00 bits per heavy atom. The van der Waals surface area contributed by atoms with Gasteiger partial charge < -0.3 is 15.1 Å². The lowest BCUT2D eigenvalue weighted by Crippen LogP contribution is -2.43. The molecule has 27 heavy (non-hydrogen) atoms. The molecule has 2 heterocycles. The van der Waals surface area contributed by atoms with Gasteiger partial charge in [0.25, 0.3) is 0 Å². The van der Waals surface area contributed by atoms with E-state index in [0.717, 1.165) is 44.8 Å². The Balaban J connectivity index is 1.65. The van der Waals surface area contributed by atoms with Crippen molar-refractivity contribution in [3.8, 4) is 0 Å². The molecular weight excluding hydrogens is 340 g/mol. The third kappa shape index (κ3) is 4.98. The number of piperidine rings is 1. The van der Waals surface area contributed by atoms with Crippen molar-refractivity contribution in [3.05, 3.63) is 23.4 Å². The summed E-state index contributed by atoms with van der Waals surface area (Å²) in [5.41, 5.74) is 6.92. The van der Waals surface area contributed by atoms with Crippen LogP contribution in [0.4, 0.5) is 0 Å². The zero-order chi connectivity index (χ0) is 19.6. The Morgan fingerprint density at radius 1 is 1.30 bits per heavy atom. The molecule has 1 aromatic rings. The number of carbonyl (C=O) groups excluding carboxylic acids is 1. The van der Waals surface area contributed by atoms with E-state index in [9.17, 15) is 4.79 Å². The third-order valence-corrected chi connectivity index (χ3v) is 6.53. The number of hydrogen-bond acceptors (Lipinski definition) is 5. The van der Waals surface area contributed by atoms with E-state index in [1.165, 1.54) is 12.0 Å². The number of aryl methyl sites for hydroxylation is 1. The van der Waals surface area contributed by atoms with Crippen molar-refractivity contribution in [2.24, 2.45) is 35.3 Å². The Kier molecular flexibility index (Phi) is 6.35. The van der Waals surface area contributed by atoms with Gasteiger partial charge in [0.05, 0.1) is 0 Å². The summed E-state index contributed by atoms with van der Waals surface area (Å²) in [7, 11) is 0. The highest BCUT2D eigenvalue weighted by molar-refractivity contribution is 5.76. The van der Waals surface area contributed by atoms with Crippen molar-refractivity contribution in [2.75, 3.05) is 19.6 Å². The second-order valence-corrected chi connectivity index (χ2v) is 8.81. The van der Waals surface area contributed by atoms with E-state index < -0.39 is 0 Å². The average molecular weight is 375 g/mol. The highest BCUT2D eigenvalue weighted by Crippen LogP contribution is 2.39. The minimum atomic E-state index is -0.137. The van der Waals surface area contributed by atoms with Gasteiger partial charge in [-0.2, -0.15) is 0 Å². The number of likely N-dealkylation sites (tertiary alicyclic amines) is 1. The predicted molar refractivity (Wildman–Crippen MR) is 105 cm³/mol. The molecule has 1 aliphatic carbocycles. The maximum atomic E-state index is 11.4. The van der Waals surface area contributed by atoms with Crippen LogP contribution < -0.4 is 5.73 Å². The standard InChI is InChI=1S/C21H34N4O2/c1-13(2)19-10-17(11-20-24-23-15(4)27-20)14(3)9-18(19)12-25-7-5-16(6-8-25)21(22)26/h9,13,16-19H,5-8,10-12H2,1-4H3,(H2,22,26)/t17-,18-,19-/m0/s1. The number of primary amides is 1. The van der Waals surface area contributed by atoms with Crippen LogP contribution in [0.5, 0.6) is 0 Å². The normalized spacial score (nSPS) is 27.7. The first-order valence-corrected chi connectivity index (χ1v) is 10.3. The predicted octanol–water partition coefficient (Wildman–Crippen LogP) is 2.97. The van der Waals surface area contributed by atoms with Gasteiger partial charge in [0.1, 0.15) is 0 Å². The van der Waals surface area contributed by atoms with Gasteiger partial charge in [0, 0.05) is 25.8 Å². The van der Waals surface area contributed by atoms with Crippen LogP contribution >= 0.6 is 0 Å². The smallest absolute Gasteiger partial charge is 0.220 e. The van der Waals surface area contributed by atoms with Gasteiger partial charge in [-0.3, -0.25) is 4.79 Å². The minimum Gasteiger partial charge on any atom is -0.426 e. The molecule has 6 nitrogen and oxygen atoms in total. The molecule has 2 aliphatic rings. The van der Waals surface area contributed by atoms with Crippen LogP contribution in [-0.2, 0) is 11.2 Å². The van der Waals surface area contributed by atoms with E-state index in [0.29, 0.717) is 29.6 Å². The molecule has 1 aliphatic heterocycles. The molecule has 3 atom stereocenters. The summed E-state index contributed by atoms with van der Waals surface area (Å²) >= 11 is 0. The molecule has 3 rings (SSSR count). The van der Waals surface area contributed by atoms with Gasteiger partial charge in [0.15, 0.2) is 0 Å². The van der Waals surface area contributed by atoms with Gasteiger partial charge in [-0.25, -0.2) is 0 Å². The van der Waals surface area contributed by atoms with Crippen molar-refractivity contribution in [3.63, 3.8) is 0 Å². The summed E-state index contributed by atoms with van der Waals surface area (Å²) in [6, 6.07) is 0. The van der Waals surface area contributed by atoms with Gasteiger partial charge >= 0.3 is 0 Å². The molecule has 0 bridgehead atoms. The second kappa shape index (κ2) is 8.55. The van der Waals surface area contributed by atoms with Crippen LogP contribution in [0.1, 0.15) is 51.8 Å². The summed E-state index contributed by atoms with van der Waals surface area (Å²) < 4.78 is 5.61. The number of nitrogens with zero attached hydrogens (tertiary/aromatic N) is 3. The van der Waals surface area contributed by atoms with E-state index in [4.69, 9.17) is 10.2 Å². The van der Waals surface area contributed by atoms with E-state index in [-0.39, 0.29) is 11.8 Å². The summed E-state index contributed by atoms with van der Waals surface area (Å²) in [6.45, 7) is 11.8. The minimum absolute atomic E-state index is 0.0630. The van der Waals surface area contributed by atoms with Gasteiger partial charge in [0.2, 0.25) is 17.7 Å². The number of rotatable bonds is 6. The molecule has 150 valence electrons. The molecular formula is C21H34N4O2. The van der Waals surface area contributed by atoms with Crippen LogP contribution in [0.3, 0.4) is 0 Å². The maximum absolute atomic E-state index is 11.4. The number of allylic oxidation sites excluding steroid dienone is 1. The summed E-state index contributed by atoms with van der Waals surface area (Å²) in [5.74, 6) is 3.64. The van der Waals surface area contributed by atoms with Crippen molar-refractivity contribution in [2.45, 2.75) is 53.4 Å². The van der Waals surface area contributed by atoms with Crippen molar-refractivity contribution < 1.29 is 9.21 Å².